The number of thiazole rings is 1. The molecule has 0 spiro atoms. The summed E-state index contributed by atoms with van der Waals surface area (Å²) in [5.74, 6) is 5.57. The number of likely N-dealkylation sites (N-methyl/N-ethyl adjacent to an activating group) is 1. The number of nitrogens with one attached hydrogen (secondary N) is 2. The van der Waals surface area contributed by atoms with E-state index < -0.39 is 10.0 Å². The molecular weight excluding hydrogens is 312 g/mol. The molecule has 21 heavy (non-hydrogen) atoms. The SMILES string of the molecule is CN1CCCC(NS(=O)(=O)c2c(NN)nc3sccn23)C1. The zero-order valence-corrected chi connectivity index (χ0v) is 13.2. The van der Waals surface area contributed by atoms with Crippen molar-refractivity contribution in [3.63, 3.8) is 0 Å². The molecule has 0 bridgehead atoms. The van der Waals surface area contributed by atoms with Gasteiger partial charge in [-0.3, -0.25) is 4.40 Å². The summed E-state index contributed by atoms with van der Waals surface area (Å²) in [6.07, 6.45) is 3.49. The minimum absolute atomic E-state index is 0.0643. The number of aromatic nitrogens is 2. The quantitative estimate of drug-likeness (QED) is 0.541. The van der Waals surface area contributed by atoms with Gasteiger partial charge in [-0.1, -0.05) is 0 Å². The van der Waals surface area contributed by atoms with Gasteiger partial charge in [0.2, 0.25) is 5.03 Å². The van der Waals surface area contributed by atoms with E-state index in [1.807, 2.05) is 7.05 Å². The van der Waals surface area contributed by atoms with Gasteiger partial charge in [0, 0.05) is 24.2 Å². The summed E-state index contributed by atoms with van der Waals surface area (Å²) in [5, 5.41) is 1.85. The zero-order chi connectivity index (χ0) is 15.0. The Morgan fingerprint density at radius 1 is 1.52 bits per heavy atom. The number of hydrazine groups is 1. The lowest BCUT2D eigenvalue weighted by molar-refractivity contribution is 0.242. The number of piperidine rings is 1. The number of hydrogen-bond acceptors (Lipinski definition) is 7. The number of fused-ring (bicyclic) bond motifs is 1. The molecule has 1 unspecified atom stereocenters. The van der Waals surface area contributed by atoms with Gasteiger partial charge in [0.1, 0.15) is 0 Å². The Morgan fingerprint density at radius 2 is 2.33 bits per heavy atom. The third-order valence-corrected chi connectivity index (χ3v) is 5.86. The highest BCUT2D eigenvalue weighted by Gasteiger charge is 2.29. The van der Waals surface area contributed by atoms with Crippen LogP contribution in [0.3, 0.4) is 0 Å². The maximum absolute atomic E-state index is 12.7. The van der Waals surface area contributed by atoms with E-state index in [9.17, 15) is 8.42 Å². The average molecular weight is 330 g/mol. The topological polar surface area (TPSA) is 105 Å². The number of nitrogen functional groups attached to an aromatic ring is 1. The van der Waals surface area contributed by atoms with Crippen LogP contribution < -0.4 is 16.0 Å². The van der Waals surface area contributed by atoms with E-state index in [0.717, 1.165) is 19.4 Å². The predicted octanol–water partition coefficient (Wildman–Crippen LogP) is 0.0539. The van der Waals surface area contributed by atoms with Crippen molar-refractivity contribution in [2.75, 3.05) is 25.6 Å². The number of anilines is 1. The van der Waals surface area contributed by atoms with Crippen molar-refractivity contribution >= 4 is 32.1 Å². The molecule has 0 amide bonds. The Balaban J connectivity index is 1.94. The molecule has 0 aromatic carbocycles. The average Bonchev–Trinajstić information content (AvgIpc) is 2.96. The van der Waals surface area contributed by atoms with Gasteiger partial charge in [-0.05, 0) is 26.4 Å². The molecule has 1 aliphatic rings. The number of hydrogen-bond donors (Lipinski definition) is 3. The van der Waals surface area contributed by atoms with Crippen molar-refractivity contribution < 1.29 is 8.42 Å². The first-order valence-corrected chi connectivity index (χ1v) is 9.00. The summed E-state index contributed by atoms with van der Waals surface area (Å²) in [4.78, 5) is 6.89. The van der Waals surface area contributed by atoms with Gasteiger partial charge >= 0.3 is 0 Å². The fourth-order valence-electron chi connectivity index (χ4n) is 2.65. The molecule has 8 nitrogen and oxygen atoms in total. The second-order valence-electron chi connectivity index (χ2n) is 5.19. The Hall–Kier alpha value is -1.20. The van der Waals surface area contributed by atoms with Gasteiger partial charge in [-0.25, -0.2) is 19.0 Å². The van der Waals surface area contributed by atoms with E-state index in [1.54, 1.807) is 11.6 Å². The molecule has 0 saturated carbocycles. The largest absolute Gasteiger partial charge is 0.306 e. The Labute approximate surface area is 127 Å². The molecular formula is C11H18N6O2S2. The highest BCUT2D eigenvalue weighted by molar-refractivity contribution is 7.89. The number of likely N-dealkylation sites (tertiary alicyclic amines) is 1. The number of sulfonamides is 1. The molecule has 1 aliphatic heterocycles. The monoisotopic (exact) mass is 330 g/mol. The molecule has 2 aromatic rings. The molecule has 4 N–H and O–H groups in total. The van der Waals surface area contributed by atoms with E-state index in [4.69, 9.17) is 5.84 Å². The molecule has 116 valence electrons. The minimum Gasteiger partial charge on any atom is -0.306 e. The van der Waals surface area contributed by atoms with Crippen molar-refractivity contribution in [3.05, 3.63) is 11.6 Å². The van der Waals surface area contributed by atoms with Crippen LogP contribution in [0, 0.1) is 0 Å². The van der Waals surface area contributed by atoms with Gasteiger partial charge in [-0.2, -0.15) is 4.98 Å². The van der Waals surface area contributed by atoms with Gasteiger partial charge in [0.05, 0.1) is 0 Å². The van der Waals surface area contributed by atoms with Crippen molar-refractivity contribution in [3.8, 4) is 0 Å². The van der Waals surface area contributed by atoms with Crippen LogP contribution >= 0.6 is 11.3 Å². The summed E-state index contributed by atoms with van der Waals surface area (Å²) in [5.41, 5.74) is 2.37. The highest BCUT2D eigenvalue weighted by atomic mass is 32.2. The van der Waals surface area contributed by atoms with Gasteiger partial charge < -0.3 is 10.3 Å². The first kappa shape index (κ1) is 14.7. The van der Waals surface area contributed by atoms with Crippen LogP contribution in [0.5, 0.6) is 0 Å². The lowest BCUT2D eigenvalue weighted by Gasteiger charge is -2.29. The third-order valence-electron chi connectivity index (χ3n) is 3.56. The van der Waals surface area contributed by atoms with E-state index >= 15 is 0 Å². The van der Waals surface area contributed by atoms with E-state index in [0.29, 0.717) is 11.5 Å². The Bertz CT molecular complexity index is 737. The molecule has 3 heterocycles. The van der Waals surface area contributed by atoms with E-state index in [-0.39, 0.29) is 16.9 Å². The van der Waals surface area contributed by atoms with Crippen LogP contribution in [-0.4, -0.2) is 48.9 Å². The fourth-order valence-corrected chi connectivity index (χ4v) is 4.93. The summed E-state index contributed by atoms with van der Waals surface area (Å²) < 4.78 is 29.7. The highest BCUT2D eigenvalue weighted by Crippen LogP contribution is 2.25. The van der Waals surface area contributed by atoms with E-state index in [1.165, 1.54) is 15.7 Å². The number of imidazole rings is 1. The van der Waals surface area contributed by atoms with Crippen LogP contribution in [0.25, 0.3) is 4.96 Å². The van der Waals surface area contributed by atoms with Crippen molar-refractivity contribution in [2.24, 2.45) is 5.84 Å². The maximum Gasteiger partial charge on any atom is 0.260 e. The Morgan fingerprint density at radius 3 is 3.05 bits per heavy atom. The standard InChI is InChI=1S/C11H18N6O2S2/c1-16-4-2-3-8(7-16)15-21(18,19)10-9(14-12)13-11-17(10)5-6-20-11/h5-6,8,14-15H,2-4,7,12H2,1H3. The van der Waals surface area contributed by atoms with Crippen LogP contribution in [-0.2, 0) is 10.0 Å². The normalized spacial score (nSPS) is 21.0. The summed E-state index contributed by atoms with van der Waals surface area (Å²) in [6, 6.07) is -0.0939. The van der Waals surface area contributed by atoms with Gasteiger partial charge in [0.15, 0.2) is 10.8 Å². The summed E-state index contributed by atoms with van der Waals surface area (Å²) in [6.45, 7) is 1.70. The maximum atomic E-state index is 12.7. The molecule has 1 saturated heterocycles. The van der Waals surface area contributed by atoms with Gasteiger partial charge in [-0.15, -0.1) is 11.3 Å². The molecule has 10 heteroatoms. The van der Waals surface area contributed by atoms with Crippen molar-refractivity contribution in [1.82, 2.24) is 19.0 Å². The molecule has 0 aliphatic carbocycles. The molecule has 2 aromatic heterocycles. The molecule has 3 rings (SSSR count). The van der Waals surface area contributed by atoms with Crippen LogP contribution in [0.2, 0.25) is 0 Å². The van der Waals surface area contributed by atoms with E-state index in [2.05, 4.69) is 20.0 Å². The van der Waals surface area contributed by atoms with Crippen molar-refractivity contribution in [1.29, 1.82) is 0 Å². The van der Waals surface area contributed by atoms with Crippen LogP contribution in [0.1, 0.15) is 12.8 Å². The minimum atomic E-state index is -3.69. The lowest BCUT2D eigenvalue weighted by atomic mass is 10.1. The van der Waals surface area contributed by atoms with Crippen LogP contribution in [0.4, 0.5) is 5.82 Å². The van der Waals surface area contributed by atoms with Crippen LogP contribution in [0.15, 0.2) is 16.6 Å². The fraction of sp³-hybridized carbons (Fsp3) is 0.545. The summed E-state index contributed by atoms with van der Waals surface area (Å²) >= 11 is 1.36. The molecule has 1 atom stereocenters. The second-order valence-corrected chi connectivity index (χ2v) is 7.69. The third kappa shape index (κ3) is 2.77. The number of nitrogens with two attached hydrogens (primary N) is 1. The number of rotatable bonds is 4. The zero-order valence-electron chi connectivity index (χ0n) is 11.6. The van der Waals surface area contributed by atoms with Gasteiger partial charge in [0.25, 0.3) is 10.0 Å². The second kappa shape index (κ2) is 5.54. The Kier molecular flexibility index (Phi) is 3.88. The summed E-state index contributed by atoms with van der Waals surface area (Å²) in [7, 11) is -1.70. The molecule has 0 radical (unpaired) electrons. The number of nitrogens with zero attached hydrogens (tertiary/aromatic N) is 3. The first-order chi connectivity index (χ1) is 10.0. The lowest BCUT2D eigenvalue weighted by Crippen LogP contribution is -2.46. The smallest absolute Gasteiger partial charge is 0.260 e. The van der Waals surface area contributed by atoms with Crippen molar-refractivity contribution in [2.45, 2.75) is 23.9 Å². The predicted molar refractivity (Wildman–Crippen MR) is 81.7 cm³/mol. The first-order valence-electron chi connectivity index (χ1n) is 6.64. The molecule has 1 fully saturated rings.